The van der Waals surface area contributed by atoms with Crippen molar-refractivity contribution in [2.45, 2.75) is 13.8 Å². The topological polar surface area (TPSA) is 22.1 Å². The molecule has 3 heteroatoms. The highest BCUT2D eigenvalue weighted by Crippen LogP contribution is 2.26. The molecule has 0 spiro atoms. The second kappa shape index (κ2) is 5.05. The van der Waals surface area contributed by atoms with Crippen molar-refractivity contribution in [2.24, 2.45) is 5.41 Å². The molecule has 0 unspecified atom stereocenters. The fourth-order valence-corrected chi connectivity index (χ4v) is 1.67. The van der Waals surface area contributed by atoms with Gasteiger partial charge in [0.2, 0.25) is 0 Å². The van der Waals surface area contributed by atoms with Crippen molar-refractivity contribution in [1.29, 1.82) is 0 Å². The number of para-hydroxylation sites is 1. The number of aromatic nitrogens is 1. The minimum absolute atomic E-state index is 0.122. The van der Waals surface area contributed by atoms with Gasteiger partial charge >= 0.3 is 0 Å². The molecule has 2 aromatic rings. The van der Waals surface area contributed by atoms with Crippen molar-refractivity contribution in [2.75, 3.05) is 11.9 Å². The zero-order chi connectivity index (χ0) is 12.3. The summed E-state index contributed by atoms with van der Waals surface area (Å²) in [5.41, 5.74) is 1.05. The molecule has 0 saturated carbocycles. The standard InChI is InChI=1S/C14H16BrNO/c1-14(2,9-15)10-17-12-7-3-5-11-6-4-8-16-13(11)12/h3-8H,9-10H2,1-2H3. The van der Waals surface area contributed by atoms with Gasteiger partial charge in [-0.2, -0.15) is 0 Å². The fourth-order valence-electron chi connectivity index (χ4n) is 1.50. The van der Waals surface area contributed by atoms with Crippen molar-refractivity contribution in [1.82, 2.24) is 4.98 Å². The van der Waals surface area contributed by atoms with E-state index in [1.807, 2.05) is 30.3 Å². The Bertz CT molecular complexity index is 505. The van der Waals surface area contributed by atoms with Crippen molar-refractivity contribution in [3.8, 4) is 5.75 Å². The predicted octanol–water partition coefficient (Wildman–Crippen LogP) is 4.03. The summed E-state index contributed by atoms with van der Waals surface area (Å²) in [5.74, 6) is 0.858. The van der Waals surface area contributed by atoms with Gasteiger partial charge in [0.1, 0.15) is 11.3 Å². The normalized spacial score (nSPS) is 11.7. The first kappa shape index (κ1) is 12.4. The average molecular weight is 294 g/mol. The number of ether oxygens (including phenoxy) is 1. The van der Waals surface area contributed by atoms with Gasteiger partial charge in [0.05, 0.1) is 6.61 Å². The zero-order valence-corrected chi connectivity index (χ0v) is 11.7. The van der Waals surface area contributed by atoms with Crippen LogP contribution in [0.2, 0.25) is 0 Å². The van der Waals surface area contributed by atoms with Gasteiger partial charge in [-0.15, -0.1) is 0 Å². The van der Waals surface area contributed by atoms with E-state index in [0.717, 1.165) is 22.0 Å². The summed E-state index contributed by atoms with van der Waals surface area (Å²) in [6.45, 7) is 5.01. The van der Waals surface area contributed by atoms with Crippen LogP contribution in [-0.4, -0.2) is 16.9 Å². The molecule has 0 aliphatic carbocycles. The number of fused-ring (bicyclic) bond motifs is 1. The third kappa shape index (κ3) is 2.97. The third-order valence-corrected chi connectivity index (χ3v) is 4.09. The molecule has 0 fully saturated rings. The molecule has 17 heavy (non-hydrogen) atoms. The molecule has 0 aliphatic heterocycles. The van der Waals surface area contributed by atoms with E-state index in [9.17, 15) is 0 Å². The van der Waals surface area contributed by atoms with Crippen LogP contribution in [0, 0.1) is 5.41 Å². The highest BCUT2D eigenvalue weighted by atomic mass is 79.9. The summed E-state index contributed by atoms with van der Waals surface area (Å²) in [6, 6.07) is 10.0. The number of halogens is 1. The first-order valence-corrected chi connectivity index (χ1v) is 6.77. The summed E-state index contributed by atoms with van der Waals surface area (Å²) in [6.07, 6.45) is 1.80. The Labute approximate surface area is 110 Å². The molecule has 2 rings (SSSR count). The first-order chi connectivity index (χ1) is 8.12. The Morgan fingerprint density at radius 2 is 2.00 bits per heavy atom. The van der Waals surface area contributed by atoms with E-state index in [1.165, 1.54) is 0 Å². The van der Waals surface area contributed by atoms with Gasteiger partial charge in [0.25, 0.3) is 0 Å². The van der Waals surface area contributed by atoms with E-state index in [-0.39, 0.29) is 5.41 Å². The van der Waals surface area contributed by atoms with E-state index in [4.69, 9.17) is 4.74 Å². The second-order valence-electron chi connectivity index (χ2n) is 4.92. The fraction of sp³-hybridized carbons (Fsp3) is 0.357. The van der Waals surface area contributed by atoms with E-state index in [0.29, 0.717) is 6.61 Å². The minimum Gasteiger partial charge on any atom is -0.491 e. The Hall–Kier alpha value is -1.09. The summed E-state index contributed by atoms with van der Waals surface area (Å²) < 4.78 is 5.88. The molecule has 0 bridgehead atoms. The summed E-state index contributed by atoms with van der Waals surface area (Å²) in [7, 11) is 0. The number of benzene rings is 1. The van der Waals surface area contributed by atoms with Crippen LogP contribution in [0.3, 0.4) is 0 Å². The summed E-state index contributed by atoms with van der Waals surface area (Å²) >= 11 is 3.50. The van der Waals surface area contributed by atoms with Crippen LogP contribution in [0.5, 0.6) is 5.75 Å². The molecule has 0 aliphatic rings. The molecule has 90 valence electrons. The Morgan fingerprint density at radius 1 is 1.24 bits per heavy atom. The quantitative estimate of drug-likeness (QED) is 0.794. The maximum absolute atomic E-state index is 5.88. The maximum atomic E-state index is 5.88. The Kier molecular flexibility index (Phi) is 3.67. The lowest BCUT2D eigenvalue weighted by Crippen LogP contribution is -2.22. The molecule has 0 saturated heterocycles. The summed E-state index contributed by atoms with van der Waals surface area (Å²) in [5, 5.41) is 2.03. The van der Waals surface area contributed by atoms with Gasteiger partial charge in [-0.25, -0.2) is 0 Å². The monoisotopic (exact) mass is 293 g/mol. The van der Waals surface area contributed by atoms with Crippen LogP contribution < -0.4 is 4.74 Å². The van der Waals surface area contributed by atoms with Crippen LogP contribution in [0.4, 0.5) is 0 Å². The summed E-state index contributed by atoms with van der Waals surface area (Å²) in [4.78, 5) is 4.37. The highest BCUT2D eigenvalue weighted by Gasteiger charge is 2.17. The smallest absolute Gasteiger partial charge is 0.145 e. The van der Waals surface area contributed by atoms with Gasteiger partial charge < -0.3 is 4.74 Å². The molecule has 0 atom stereocenters. The van der Waals surface area contributed by atoms with Crippen molar-refractivity contribution >= 4 is 26.8 Å². The highest BCUT2D eigenvalue weighted by molar-refractivity contribution is 9.09. The second-order valence-corrected chi connectivity index (χ2v) is 5.48. The number of rotatable bonds is 4. The number of hydrogen-bond donors (Lipinski definition) is 0. The van der Waals surface area contributed by atoms with Crippen LogP contribution >= 0.6 is 15.9 Å². The van der Waals surface area contributed by atoms with E-state index >= 15 is 0 Å². The number of pyridine rings is 1. The Morgan fingerprint density at radius 3 is 2.76 bits per heavy atom. The maximum Gasteiger partial charge on any atom is 0.145 e. The Balaban J connectivity index is 2.24. The zero-order valence-electron chi connectivity index (χ0n) is 10.1. The minimum atomic E-state index is 0.122. The number of alkyl halides is 1. The van der Waals surface area contributed by atoms with Crippen molar-refractivity contribution in [3.05, 3.63) is 36.5 Å². The molecular formula is C14H16BrNO. The molecule has 1 aromatic carbocycles. The molecule has 1 aromatic heterocycles. The molecule has 0 radical (unpaired) electrons. The predicted molar refractivity (Wildman–Crippen MR) is 74.8 cm³/mol. The van der Waals surface area contributed by atoms with Gasteiger partial charge in [0.15, 0.2) is 0 Å². The lowest BCUT2D eigenvalue weighted by Gasteiger charge is -2.22. The van der Waals surface area contributed by atoms with E-state index in [2.05, 4.69) is 34.8 Å². The van der Waals surface area contributed by atoms with Gasteiger partial charge in [-0.05, 0) is 12.1 Å². The molecule has 0 amide bonds. The number of hydrogen-bond acceptors (Lipinski definition) is 2. The molecule has 2 nitrogen and oxygen atoms in total. The lowest BCUT2D eigenvalue weighted by molar-refractivity contribution is 0.205. The van der Waals surface area contributed by atoms with Crippen LogP contribution in [0.25, 0.3) is 10.9 Å². The van der Waals surface area contributed by atoms with Gasteiger partial charge in [-0.3, -0.25) is 4.98 Å². The third-order valence-electron chi connectivity index (χ3n) is 2.58. The molecule has 0 N–H and O–H groups in total. The lowest BCUT2D eigenvalue weighted by atomic mass is 9.98. The SMILES string of the molecule is CC(C)(CBr)COc1cccc2cccnc12. The van der Waals surface area contributed by atoms with Crippen LogP contribution in [0.1, 0.15) is 13.8 Å². The molecular weight excluding hydrogens is 278 g/mol. The van der Waals surface area contributed by atoms with E-state index < -0.39 is 0 Å². The van der Waals surface area contributed by atoms with Crippen LogP contribution in [-0.2, 0) is 0 Å². The van der Waals surface area contributed by atoms with Gasteiger partial charge in [0, 0.05) is 22.3 Å². The largest absolute Gasteiger partial charge is 0.491 e. The van der Waals surface area contributed by atoms with Gasteiger partial charge in [-0.1, -0.05) is 48.0 Å². The average Bonchev–Trinajstić information content (AvgIpc) is 2.36. The van der Waals surface area contributed by atoms with Crippen molar-refractivity contribution in [3.63, 3.8) is 0 Å². The van der Waals surface area contributed by atoms with E-state index in [1.54, 1.807) is 6.20 Å². The van der Waals surface area contributed by atoms with Crippen LogP contribution in [0.15, 0.2) is 36.5 Å². The number of nitrogens with zero attached hydrogens (tertiary/aromatic N) is 1. The molecule has 1 heterocycles. The first-order valence-electron chi connectivity index (χ1n) is 5.65. The van der Waals surface area contributed by atoms with Crippen molar-refractivity contribution < 1.29 is 4.74 Å².